The van der Waals surface area contributed by atoms with Gasteiger partial charge >= 0.3 is 0 Å². The molecule has 1 aromatic carbocycles. The number of nitrogens with one attached hydrogen (secondary N) is 2. The Morgan fingerprint density at radius 3 is 2.28 bits per heavy atom. The van der Waals surface area contributed by atoms with Crippen molar-refractivity contribution in [3.8, 4) is 0 Å². The summed E-state index contributed by atoms with van der Waals surface area (Å²) in [4.78, 5) is 12.2. The fraction of sp³-hybridized carbons (Fsp3) is 0.533. The molecule has 0 unspecified atom stereocenters. The molecular formula is C15H22N2O. The first-order chi connectivity index (χ1) is 8.58. The maximum Gasteiger partial charge on any atom is 0.227 e. The molecule has 0 aromatic heterocycles. The molecule has 1 fully saturated rings. The lowest BCUT2D eigenvalue weighted by Crippen LogP contribution is -2.34. The summed E-state index contributed by atoms with van der Waals surface area (Å²) in [7, 11) is 0. The maximum atomic E-state index is 12.2. The topological polar surface area (TPSA) is 41.1 Å². The second-order valence-electron chi connectivity index (χ2n) is 5.29. The van der Waals surface area contributed by atoms with E-state index in [1.807, 2.05) is 0 Å². The van der Waals surface area contributed by atoms with Gasteiger partial charge in [0.05, 0.1) is 0 Å². The molecule has 0 atom stereocenters. The molecule has 2 rings (SSSR count). The number of rotatable bonds is 2. The third kappa shape index (κ3) is 2.91. The van der Waals surface area contributed by atoms with E-state index >= 15 is 0 Å². The van der Waals surface area contributed by atoms with Crippen LogP contribution in [0.5, 0.6) is 0 Å². The number of carbonyl (C=O) groups excluding carboxylic acids is 1. The van der Waals surface area contributed by atoms with Crippen LogP contribution in [0, 0.1) is 26.7 Å². The molecule has 1 saturated heterocycles. The van der Waals surface area contributed by atoms with Crippen molar-refractivity contribution in [1.82, 2.24) is 5.32 Å². The summed E-state index contributed by atoms with van der Waals surface area (Å²) in [5, 5.41) is 6.39. The lowest BCUT2D eigenvalue weighted by Gasteiger charge is -2.23. The van der Waals surface area contributed by atoms with Crippen LogP contribution in [0.25, 0.3) is 0 Å². The summed E-state index contributed by atoms with van der Waals surface area (Å²) in [6.07, 6.45) is 1.88. The lowest BCUT2D eigenvalue weighted by atomic mass is 9.96. The Labute approximate surface area is 109 Å². The zero-order chi connectivity index (χ0) is 13.1. The summed E-state index contributed by atoms with van der Waals surface area (Å²) in [6.45, 7) is 8.09. The van der Waals surface area contributed by atoms with Gasteiger partial charge in [0.25, 0.3) is 0 Å². The van der Waals surface area contributed by atoms with Crippen LogP contribution in [0.15, 0.2) is 12.1 Å². The van der Waals surface area contributed by atoms with Gasteiger partial charge < -0.3 is 10.6 Å². The minimum atomic E-state index is 0.159. The van der Waals surface area contributed by atoms with Crippen LogP contribution >= 0.6 is 0 Å². The highest BCUT2D eigenvalue weighted by atomic mass is 16.1. The van der Waals surface area contributed by atoms with Crippen LogP contribution < -0.4 is 10.6 Å². The highest BCUT2D eigenvalue weighted by Crippen LogP contribution is 2.23. The zero-order valence-corrected chi connectivity index (χ0v) is 11.5. The number of piperidine rings is 1. The molecule has 0 bridgehead atoms. The van der Waals surface area contributed by atoms with Crippen molar-refractivity contribution in [1.29, 1.82) is 0 Å². The van der Waals surface area contributed by atoms with Gasteiger partial charge in [-0.05, 0) is 57.8 Å². The summed E-state index contributed by atoms with van der Waals surface area (Å²) < 4.78 is 0. The van der Waals surface area contributed by atoms with Gasteiger partial charge in [-0.2, -0.15) is 0 Å². The number of amides is 1. The molecular weight excluding hydrogens is 224 g/mol. The molecule has 0 saturated carbocycles. The van der Waals surface area contributed by atoms with E-state index < -0.39 is 0 Å². The van der Waals surface area contributed by atoms with E-state index in [1.165, 1.54) is 5.56 Å². The Morgan fingerprint density at radius 1 is 1.17 bits per heavy atom. The molecule has 0 radical (unpaired) electrons. The van der Waals surface area contributed by atoms with Crippen molar-refractivity contribution < 1.29 is 4.79 Å². The van der Waals surface area contributed by atoms with Crippen LogP contribution in [0.2, 0.25) is 0 Å². The van der Waals surface area contributed by atoms with Crippen LogP contribution in [-0.2, 0) is 4.79 Å². The summed E-state index contributed by atoms with van der Waals surface area (Å²) in [5.74, 6) is 0.331. The van der Waals surface area contributed by atoms with Gasteiger partial charge in [-0.15, -0.1) is 0 Å². The number of carbonyl (C=O) groups is 1. The fourth-order valence-electron chi connectivity index (χ4n) is 2.69. The molecule has 3 nitrogen and oxygen atoms in total. The second-order valence-corrected chi connectivity index (χ2v) is 5.29. The number of aryl methyl sites for hydroxylation is 3. The van der Waals surface area contributed by atoms with Gasteiger partial charge in [-0.1, -0.05) is 17.7 Å². The summed E-state index contributed by atoms with van der Waals surface area (Å²) in [6, 6.07) is 4.23. The van der Waals surface area contributed by atoms with E-state index in [1.54, 1.807) is 0 Å². The molecule has 2 N–H and O–H groups in total. The largest absolute Gasteiger partial charge is 0.325 e. The molecule has 18 heavy (non-hydrogen) atoms. The summed E-state index contributed by atoms with van der Waals surface area (Å²) in [5.41, 5.74) is 4.53. The minimum Gasteiger partial charge on any atom is -0.325 e. The fourth-order valence-corrected chi connectivity index (χ4v) is 2.69. The normalized spacial score (nSPS) is 16.6. The van der Waals surface area contributed by atoms with Crippen molar-refractivity contribution >= 4 is 11.6 Å². The molecule has 1 aliphatic heterocycles. The SMILES string of the molecule is Cc1cc(C)c(NC(=O)C2CCNCC2)c(C)c1. The standard InChI is InChI=1S/C15H22N2O/c1-10-8-11(2)14(12(3)9-10)17-15(18)13-4-6-16-7-5-13/h8-9,13,16H,4-7H2,1-3H3,(H,17,18). The van der Waals surface area contributed by atoms with Gasteiger partial charge in [0, 0.05) is 11.6 Å². The van der Waals surface area contributed by atoms with E-state index in [-0.39, 0.29) is 11.8 Å². The van der Waals surface area contributed by atoms with Crippen molar-refractivity contribution in [2.24, 2.45) is 5.92 Å². The Hall–Kier alpha value is -1.35. The van der Waals surface area contributed by atoms with Gasteiger partial charge in [0.1, 0.15) is 0 Å². The molecule has 1 amide bonds. The first-order valence-corrected chi connectivity index (χ1v) is 6.67. The predicted octanol–water partition coefficient (Wildman–Crippen LogP) is 2.55. The molecule has 1 aromatic rings. The Balaban J connectivity index is 2.11. The summed E-state index contributed by atoms with van der Waals surface area (Å²) >= 11 is 0. The van der Waals surface area contributed by atoms with E-state index in [0.717, 1.165) is 42.7 Å². The van der Waals surface area contributed by atoms with Crippen molar-refractivity contribution in [2.45, 2.75) is 33.6 Å². The van der Waals surface area contributed by atoms with E-state index in [9.17, 15) is 4.79 Å². The number of anilines is 1. The monoisotopic (exact) mass is 246 g/mol. The third-order valence-corrected chi connectivity index (χ3v) is 3.64. The number of benzene rings is 1. The van der Waals surface area contributed by atoms with Gasteiger partial charge in [0.2, 0.25) is 5.91 Å². The predicted molar refractivity (Wildman–Crippen MR) is 74.9 cm³/mol. The number of hydrogen-bond acceptors (Lipinski definition) is 2. The Morgan fingerprint density at radius 2 is 1.72 bits per heavy atom. The average Bonchev–Trinajstić information content (AvgIpc) is 2.34. The third-order valence-electron chi connectivity index (χ3n) is 3.64. The zero-order valence-electron chi connectivity index (χ0n) is 11.5. The van der Waals surface area contributed by atoms with E-state index in [0.29, 0.717) is 0 Å². The van der Waals surface area contributed by atoms with Gasteiger partial charge in [-0.3, -0.25) is 4.79 Å². The van der Waals surface area contributed by atoms with Crippen molar-refractivity contribution in [2.75, 3.05) is 18.4 Å². The first kappa shape index (κ1) is 13.1. The molecule has 0 aliphatic carbocycles. The van der Waals surface area contributed by atoms with Crippen molar-refractivity contribution in [3.63, 3.8) is 0 Å². The van der Waals surface area contributed by atoms with E-state index in [4.69, 9.17) is 0 Å². The van der Waals surface area contributed by atoms with Crippen LogP contribution in [0.4, 0.5) is 5.69 Å². The van der Waals surface area contributed by atoms with Crippen molar-refractivity contribution in [3.05, 3.63) is 28.8 Å². The van der Waals surface area contributed by atoms with Crippen LogP contribution in [0.1, 0.15) is 29.5 Å². The smallest absolute Gasteiger partial charge is 0.227 e. The molecule has 0 spiro atoms. The van der Waals surface area contributed by atoms with Gasteiger partial charge in [-0.25, -0.2) is 0 Å². The first-order valence-electron chi connectivity index (χ1n) is 6.67. The van der Waals surface area contributed by atoms with Crippen LogP contribution in [-0.4, -0.2) is 19.0 Å². The second kappa shape index (κ2) is 5.53. The highest BCUT2D eigenvalue weighted by molar-refractivity contribution is 5.94. The molecule has 1 heterocycles. The molecule has 1 aliphatic rings. The van der Waals surface area contributed by atoms with Gasteiger partial charge in [0.15, 0.2) is 0 Å². The van der Waals surface area contributed by atoms with Crippen LogP contribution in [0.3, 0.4) is 0 Å². The quantitative estimate of drug-likeness (QED) is 0.842. The molecule has 3 heteroatoms. The Kier molecular flexibility index (Phi) is 4.02. The average molecular weight is 246 g/mol. The highest BCUT2D eigenvalue weighted by Gasteiger charge is 2.21. The van der Waals surface area contributed by atoms with E-state index in [2.05, 4.69) is 43.5 Å². The minimum absolute atomic E-state index is 0.159. The number of hydrogen-bond donors (Lipinski definition) is 2. The molecule has 98 valence electrons. The maximum absolute atomic E-state index is 12.2. The Bertz CT molecular complexity index is 425. The lowest BCUT2D eigenvalue weighted by molar-refractivity contribution is -0.120.